The van der Waals surface area contributed by atoms with Gasteiger partial charge in [-0.25, -0.2) is 4.79 Å². The first kappa shape index (κ1) is 14.5. The third-order valence-corrected chi connectivity index (χ3v) is 4.49. The van der Waals surface area contributed by atoms with Gasteiger partial charge in [0.05, 0.1) is 6.04 Å². The Morgan fingerprint density at radius 3 is 2.53 bits per heavy atom. The first-order valence-corrected chi connectivity index (χ1v) is 8.00. The van der Waals surface area contributed by atoms with E-state index in [0.29, 0.717) is 32.7 Å². The summed E-state index contributed by atoms with van der Waals surface area (Å²) in [6.45, 7) is 5.97. The van der Waals surface area contributed by atoms with Crippen LogP contribution in [-0.2, 0) is 4.79 Å². The largest absolute Gasteiger partial charge is 0.338 e. The molecule has 0 bridgehead atoms. The summed E-state index contributed by atoms with van der Waals surface area (Å²) in [5.74, 6) is 2.12. The summed E-state index contributed by atoms with van der Waals surface area (Å²) < 4.78 is 0. The molecular weight excluding hydrogens is 264 g/mol. The fourth-order valence-corrected chi connectivity index (χ4v) is 3.26. The van der Waals surface area contributed by atoms with Crippen molar-refractivity contribution in [2.75, 3.05) is 50.8 Å². The summed E-state index contributed by atoms with van der Waals surface area (Å²) in [5.41, 5.74) is 0. The lowest BCUT2D eigenvalue weighted by atomic mass is 10.2. The number of nitrogens with zero attached hydrogens (tertiary/aromatic N) is 2. The molecule has 7 heteroatoms. The van der Waals surface area contributed by atoms with Crippen LogP contribution in [0.3, 0.4) is 0 Å². The van der Waals surface area contributed by atoms with Gasteiger partial charge < -0.3 is 20.4 Å². The predicted molar refractivity (Wildman–Crippen MR) is 76.3 cm³/mol. The molecule has 19 heavy (non-hydrogen) atoms. The molecule has 2 rings (SSSR count). The Labute approximate surface area is 118 Å². The molecule has 2 aliphatic rings. The van der Waals surface area contributed by atoms with E-state index in [2.05, 4.69) is 10.6 Å². The Kier molecular flexibility index (Phi) is 5.33. The summed E-state index contributed by atoms with van der Waals surface area (Å²) in [4.78, 5) is 27.6. The van der Waals surface area contributed by atoms with E-state index >= 15 is 0 Å². The van der Waals surface area contributed by atoms with Crippen molar-refractivity contribution < 1.29 is 9.59 Å². The minimum atomic E-state index is -0.0465. The number of rotatable bonds is 2. The van der Waals surface area contributed by atoms with Crippen LogP contribution in [0.1, 0.15) is 6.92 Å². The molecule has 3 amide bonds. The van der Waals surface area contributed by atoms with Gasteiger partial charge in [0, 0.05) is 50.8 Å². The summed E-state index contributed by atoms with van der Waals surface area (Å²) in [7, 11) is 0. The molecule has 0 aromatic carbocycles. The van der Waals surface area contributed by atoms with Gasteiger partial charge in [0.1, 0.15) is 0 Å². The van der Waals surface area contributed by atoms with Crippen molar-refractivity contribution in [3.05, 3.63) is 0 Å². The van der Waals surface area contributed by atoms with Crippen molar-refractivity contribution in [2.24, 2.45) is 0 Å². The van der Waals surface area contributed by atoms with Crippen LogP contribution in [0, 0.1) is 0 Å². The van der Waals surface area contributed by atoms with E-state index in [0.717, 1.165) is 18.1 Å². The van der Waals surface area contributed by atoms with E-state index in [1.54, 1.807) is 4.90 Å². The molecule has 0 saturated carbocycles. The molecule has 2 saturated heterocycles. The van der Waals surface area contributed by atoms with Crippen LogP contribution in [-0.4, -0.2) is 78.6 Å². The molecule has 2 aliphatic heterocycles. The fourth-order valence-electron chi connectivity index (χ4n) is 2.34. The van der Waals surface area contributed by atoms with E-state index in [1.807, 2.05) is 23.6 Å². The molecule has 2 N–H and O–H groups in total. The first-order chi connectivity index (χ1) is 9.22. The van der Waals surface area contributed by atoms with Gasteiger partial charge in [-0.1, -0.05) is 0 Å². The van der Waals surface area contributed by atoms with Gasteiger partial charge in [0.2, 0.25) is 5.91 Å². The zero-order valence-corrected chi connectivity index (χ0v) is 12.2. The SMILES string of the molecule is CCNC(=O)N1CCN(C(=O)C2CSCCN2)CC1. The highest BCUT2D eigenvalue weighted by Gasteiger charge is 2.29. The van der Waals surface area contributed by atoms with Crippen LogP contribution in [0.15, 0.2) is 0 Å². The summed E-state index contributed by atoms with van der Waals surface area (Å²) in [6, 6.07) is -0.0734. The van der Waals surface area contributed by atoms with Gasteiger partial charge in [-0.05, 0) is 6.92 Å². The molecule has 6 nitrogen and oxygen atoms in total. The lowest BCUT2D eigenvalue weighted by Gasteiger charge is -2.37. The molecule has 2 fully saturated rings. The van der Waals surface area contributed by atoms with Gasteiger partial charge in [0.15, 0.2) is 0 Å². The first-order valence-electron chi connectivity index (χ1n) is 6.85. The fraction of sp³-hybridized carbons (Fsp3) is 0.833. The number of urea groups is 1. The molecular formula is C12H22N4O2S. The number of hydrogen-bond acceptors (Lipinski definition) is 4. The van der Waals surface area contributed by atoms with E-state index in [9.17, 15) is 9.59 Å². The lowest BCUT2D eigenvalue weighted by Crippen LogP contribution is -2.57. The number of carbonyl (C=O) groups excluding carboxylic acids is 2. The number of hydrogen-bond donors (Lipinski definition) is 2. The van der Waals surface area contributed by atoms with Crippen LogP contribution in [0.25, 0.3) is 0 Å². The number of nitrogens with one attached hydrogen (secondary N) is 2. The smallest absolute Gasteiger partial charge is 0.317 e. The Morgan fingerprint density at radius 2 is 1.95 bits per heavy atom. The van der Waals surface area contributed by atoms with Crippen LogP contribution in [0.5, 0.6) is 0 Å². The lowest BCUT2D eigenvalue weighted by molar-refractivity contribution is -0.134. The quantitative estimate of drug-likeness (QED) is 0.723. The average molecular weight is 286 g/mol. The van der Waals surface area contributed by atoms with Gasteiger partial charge in [0.25, 0.3) is 0 Å². The standard InChI is InChI=1S/C12H22N4O2S/c1-2-13-12(18)16-6-4-15(5-7-16)11(17)10-9-19-8-3-14-10/h10,14H,2-9H2,1H3,(H,13,18). The zero-order chi connectivity index (χ0) is 13.7. The zero-order valence-electron chi connectivity index (χ0n) is 11.4. The van der Waals surface area contributed by atoms with Crippen molar-refractivity contribution in [1.29, 1.82) is 0 Å². The second-order valence-electron chi connectivity index (χ2n) is 4.73. The predicted octanol–water partition coefficient (Wildman–Crippen LogP) is -0.435. The van der Waals surface area contributed by atoms with E-state index in [-0.39, 0.29) is 18.0 Å². The molecule has 0 aliphatic carbocycles. The monoisotopic (exact) mass is 286 g/mol. The summed E-state index contributed by atoms with van der Waals surface area (Å²) >= 11 is 1.82. The van der Waals surface area contributed by atoms with E-state index in [4.69, 9.17) is 0 Å². The Morgan fingerprint density at radius 1 is 1.26 bits per heavy atom. The third kappa shape index (κ3) is 3.76. The maximum atomic E-state index is 12.3. The molecule has 2 heterocycles. The number of carbonyl (C=O) groups is 2. The van der Waals surface area contributed by atoms with Crippen molar-refractivity contribution in [3.63, 3.8) is 0 Å². The van der Waals surface area contributed by atoms with Gasteiger partial charge in [-0.3, -0.25) is 4.79 Å². The molecule has 108 valence electrons. The normalized spacial score (nSPS) is 24.2. The number of piperazine rings is 1. The molecule has 1 atom stereocenters. The van der Waals surface area contributed by atoms with Gasteiger partial charge in [-0.2, -0.15) is 11.8 Å². The maximum absolute atomic E-state index is 12.3. The van der Waals surface area contributed by atoms with E-state index < -0.39 is 0 Å². The van der Waals surface area contributed by atoms with Gasteiger partial charge >= 0.3 is 6.03 Å². The summed E-state index contributed by atoms with van der Waals surface area (Å²) in [5, 5.41) is 6.06. The van der Waals surface area contributed by atoms with Crippen molar-refractivity contribution >= 4 is 23.7 Å². The molecule has 0 spiro atoms. The highest BCUT2D eigenvalue weighted by Crippen LogP contribution is 2.11. The summed E-state index contributed by atoms with van der Waals surface area (Å²) in [6.07, 6.45) is 0. The Hall–Kier alpha value is -0.950. The van der Waals surface area contributed by atoms with E-state index in [1.165, 1.54) is 0 Å². The van der Waals surface area contributed by atoms with Crippen molar-refractivity contribution in [2.45, 2.75) is 13.0 Å². The number of thioether (sulfide) groups is 1. The Balaban J connectivity index is 1.79. The molecule has 0 aromatic heterocycles. The average Bonchev–Trinajstić information content (AvgIpc) is 2.48. The number of amides is 3. The Bertz CT molecular complexity index is 326. The van der Waals surface area contributed by atoms with Crippen LogP contribution >= 0.6 is 11.8 Å². The van der Waals surface area contributed by atoms with Crippen LogP contribution in [0.2, 0.25) is 0 Å². The molecule has 1 unspecified atom stereocenters. The van der Waals surface area contributed by atoms with Crippen LogP contribution < -0.4 is 10.6 Å². The van der Waals surface area contributed by atoms with Crippen LogP contribution in [0.4, 0.5) is 4.79 Å². The highest BCUT2D eigenvalue weighted by atomic mass is 32.2. The van der Waals surface area contributed by atoms with Crippen molar-refractivity contribution in [1.82, 2.24) is 20.4 Å². The third-order valence-electron chi connectivity index (χ3n) is 3.43. The molecule has 0 radical (unpaired) electrons. The molecule has 0 aromatic rings. The second kappa shape index (κ2) is 7.00. The van der Waals surface area contributed by atoms with Gasteiger partial charge in [-0.15, -0.1) is 0 Å². The minimum Gasteiger partial charge on any atom is -0.338 e. The topological polar surface area (TPSA) is 64.7 Å². The second-order valence-corrected chi connectivity index (χ2v) is 5.88. The van der Waals surface area contributed by atoms with Crippen molar-refractivity contribution in [3.8, 4) is 0 Å². The minimum absolute atomic E-state index is 0.0269. The highest BCUT2D eigenvalue weighted by molar-refractivity contribution is 7.99. The maximum Gasteiger partial charge on any atom is 0.317 e.